The summed E-state index contributed by atoms with van der Waals surface area (Å²) in [6, 6.07) is 11.7. The zero-order chi connectivity index (χ0) is 28.4. The molecule has 2 aliphatic heterocycles. The van der Waals surface area contributed by atoms with Gasteiger partial charge in [0, 0.05) is 31.1 Å². The minimum atomic E-state index is -2.95. The van der Waals surface area contributed by atoms with Crippen LogP contribution in [0.25, 0.3) is 0 Å². The highest BCUT2D eigenvalue weighted by Gasteiger charge is 2.58. The third-order valence-electron chi connectivity index (χ3n) is 9.96. The van der Waals surface area contributed by atoms with E-state index in [0.29, 0.717) is 32.1 Å². The number of anilines is 4. The van der Waals surface area contributed by atoms with Crippen molar-refractivity contribution in [2.45, 2.75) is 38.1 Å². The number of sulfone groups is 1. The third kappa shape index (κ3) is 4.75. The number of hydrogen-bond donors (Lipinski definition) is 2. The van der Waals surface area contributed by atoms with Crippen LogP contribution in [0.15, 0.2) is 42.6 Å². The fraction of sp³-hybridized carbons (Fsp3) is 0.552. The molecule has 4 bridgehead atoms. The van der Waals surface area contributed by atoms with Crippen LogP contribution in [0.5, 0.6) is 0 Å². The Morgan fingerprint density at radius 3 is 2.32 bits per heavy atom. The number of rotatable bonds is 5. The third-order valence-corrected chi connectivity index (χ3v) is 11.6. The Morgan fingerprint density at radius 1 is 0.951 bits per heavy atom. The fourth-order valence-corrected chi connectivity index (χ4v) is 9.39. The number of aromatic nitrogens is 1. The smallest absolute Gasteiger partial charge is 0.369 e. The van der Waals surface area contributed by atoms with Gasteiger partial charge < -0.3 is 25.7 Å². The van der Waals surface area contributed by atoms with Gasteiger partial charge >= 0.3 is 6.09 Å². The summed E-state index contributed by atoms with van der Waals surface area (Å²) in [7, 11) is -2.95. The van der Waals surface area contributed by atoms with E-state index in [0.717, 1.165) is 55.0 Å². The molecule has 11 nitrogen and oxygen atoms in total. The van der Waals surface area contributed by atoms with Crippen molar-refractivity contribution in [3.8, 4) is 0 Å². The molecular formula is C29H36N6O5S. The molecular weight excluding hydrogens is 544 g/mol. The van der Waals surface area contributed by atoms with Crippen LogP contribution in [0.4, 0.5) is 27.7 Å². The average Bonchev–Trinajstić information content (AvgIpc) is 2.95. The lowest BCUT2D eigenvalue weighted by atomic mass is 9.47. The molecule has 8 rings (SSSR count). The van der Waals surface area contributed by atoms with Gasteiger partial charge in [-0.2, -0.15) is 0 Å². The summed E-state index contributed by atoms with van der Waals surface area (Å²) in [4.78, 5) is 40.2. The number of hydrogen-bond acceptors (Lipinski definition) is 9. The van der Waals surface area contributed by atoms with Gasteiger partial charge in [-0.3, -0.25) is 4.79 Å². The number of nitrogens with zero attached hydrogens (tertiary/aromatic N) is 4. The quantitative estimate of drug-likeness (QED) is 0.547. The Labute approximate surface area is 239 Å². The highest BCUT2D eigenvalue weighted by Crippen LogP contribution is 2.60. The Kier molecular flexibility index (Phi) is 6.29. The number of primary amides is 1. The lowest BCUT2D eigenvalue weighted by Crippen LogP contribution is -2.62. The summed E-state index contributed by atoms with van der Waals surface area (Å²) >= 11 is 0. The molecule has 5 atom stereocenters. The highest BCUT2D eigenvalue weighted by molar-refractivity contribution is 7.91. The molecule has 3 N–H and O–H groups in total. The number of nitrogens with two attached hydrogens (primary N) is 1. The van der Waals surface area contributed by atoms with Crippen molar-refractivity contribution in [3.63, 3.8) is 0 Å². The number of hydroxylamine groups is 1. The van der Waals surface area contributed by atoms with Crippen LogP contribution < -0.4 is 25.9 Å². The van der Waals surface area contributed by atoms with Crippen LogP contribution in [0.1, 0.15) is 32.1 Å². The van der Waals surface area contributed by atoms with Crippen LogP contribution in [-0.4, -0.2) is 69.1 Å². The number of para-hydroxylation sites is 2. The van der Waals surface area contributed by atoms with Gasteiger partial charge in [0.2, 0.25) is 5.91 Å². The molecule has 3 heterocycles. The molecule has 5 fully saturated rings. The first-order chi connectivity index (χ1) is 19.7. The summed E-state index contributed by atoms with van der Waals surface area (Å²) < 4.78 is 23.6. The number of fused-ring (bicyclic) bond motifs is 1. The second-order valence-corrected chi connectivity index (χ2v) is 14.7. The Morgan fingerprint density at radius 2 is 1.66 bits per heavy atom. The van der Waals surface area contributed by atoms with E-state index in [1.807, 2.05) is 41.3 Å². The molecule has 41 heavy (non-hydrogen) atoms. The van der Waals surface area contributed by atoms with Crippen molar-refractivity contribution in [2.24, 2.45) is 28.9 Å². The molecule has 2 amide bonds. The van der Waals surface area contributed by atoms with Crippen molar-refractivity contribution in [1.82, 2.24) is 10.3 Å². The normalized spacial score (nSPS) is 31.5. The molecule has 1 aromatic carbocycles. The first kappa shape index (κ1) is 26.4. The van der Waals surface area contributed by atoms with Gasteiger partial charge in [-0.1, -0.05) is 12.1 Å². The predicted octanol–water partition coefficient (Wildman–Crippen LogP) is 2.60. The van der Waals surface area contributed by atoms with Gasteiger partial charge in [-0.05, 0) is 74.1 Å². The number of benzene rings is 1. The zero-order valence-corrected chi connectivity index (χ0v) is 23.8. The van der Waals surface area contributed by atoms with Crippen molar-refractivity contribution in [3.05, 3.63) is 42.6 Å². The van der Waals surface area contributed by atoms with Crippen molar-refractivity contribution >= 4 is 44.7 Å². The SMILES string of the molecule is NC(=O)C12CC3C[C@H](C1)C(NC(=O)ON1CCN(c4ccc(N5CCS(=O)(=O)CC5)cn4)c4ccccc41)[C@@H](C3)C2. The van der Waals surface area contributed by atoms with Crippen molar-refractivity contribution in [2.75, 3.05) is 52.5 Å². The molecule has 12 heteroatoms. The Balaban J connectivity index is 1.02. The number of pyridine rings is 1. The van der Waals surface area contributed by atoms with Crippen molar-refractivity contribution < 1.29 is 22.8 Å². The van der Waals surface area contributed by atoms with Crippen LogP contribution in [-0.2, 0) is 19.5 Å². The lowest BCUT2D eigenvalue weighted by molar-refractivity contribution is -0.145. The van der Waals surface area contributed by atoms with E-state index in [4.69, 9.17) is 15.6 Å². The number of nitrogens with one attached hydrogen (secondary N) is 1. The topological polar surface area (TPSA) is 138 Å². The van der Waals surface area contributed by atoms with E-state index in [9.17, 15) is 18.0 Å². The minimum Gasteiger partial charge on any atom is -0.369 e. The van der Waals surface area contributed by atoms with E-state index < -0.39 is 21.3 Å². The summed E-state index contributed by atoms with van der Waals surface area (Å²) in [5.74, 6) is 1.95. The first-order valence-corrected chi connectivity index (χ1v) is 16.4. The highest BCUT2D eigenvalue weighted by atomic mass is 32.2. The maximum Gasteiger partial charge on any atom is 0.431 e. The number of carbonyl (C=O) groups excluding carboxylic acids is 2. The number of carbonyl (C=O) groups is 2. The Bertz CT molecular complexity index is 1440. The molecule has 0 radical (unpaired) electrons. The van der Waals surface area contributed by atoms with E-state index in [2.05, 4.69) is 10.2 Å². The van der Waals surface area contributed by atoms with Gasteiger partial charge in [0.1, 0.15) is 5.82 Å². The first-order valence-electron chi connectivity index (χ1n) is 14.5. The monoisotopic (exact) mass is 580 g/mol. The fourth-order valence-electron chi connectivity index (χ4n) is 8.19. The summed E-state index contributed by atoms with van der Waals surface area (Å²) in [5, 5.41) is 4.80. The van der Waals surface area contributed by atoms with Gasteiger partial charge in [-0.15, -0.1) is 0 Å². The van der Waals surface area contributed by atoms with E-state index in [1.54, 1.807) is 11.3 Å². The Hall–Kier alpha value is -3.54. The predicted molar refractivity (Wildman–Crippen MR) is 154 cm³/mol. The second-order valence-electron chi connectivity index (χ2n) is 12.4. The van der Waals surface area contributed by atoms with E-state index in [-0.39, 0.29) is 35.3 Å². The molecule has 2 aromatic rings. The maximum atomic E-state index is 13.2. The molecule has 0 spiro atoms. The van der Waals surface area contributed by atoms with Crippen LogP contribution >= 0.6 is 0 Å². The maximum absolute atomic E-state index is 13.2. The molecule has 1 aromatic heterocycles. The summed E-state index contributed by atoms with van der Waals surface area (Å²) in [6.45, 7) is 1.97. The largest absolute Gasteiger partial charge is 0.431 e. The zero-order valence-electron chi connectivity index (χ0n) is 22.9. The molecule has 6 aliphatic rings. The van der Waals surface area contributed by atoms with Gasteiger partial charge in [0.15, 0.2) is 9.84 Å². The van der Waals surface area contributed by atoms with Crippen molar-refractivity contribution in [1.29, 1.82) is 0 Å². The molecule has 1 saturated heterocycles. The standard InChI is InChI=1S/C29H36N6O5S/c30-27(36)29-15-19-13-20(16-29)26(21(14-19)17-29)32-28(37)40-35-8-7-34(23-3-1-2-4-24(23)35)25-6-5-22(18-31-25)33-9-11-41(38,39)12-10-33/h1-6,18-21,26H,7-17H2,(H2,30,36)(H,32,37)/t19?,20-,21+,26?,29?. The van der Waals surface area contributed by atoms with Crippen LogP contribution in [0, 0.1) is 23.2 Å². The van der Waals surface area contributed by atoms with E-state index >= 15 is 0 Å². The second kappa shape index (κ2) is 9.78. The molecule has 3 unspecified atom stereocenters. The van der Waals surface area contributed by atoms with Crippen LogP contribution in [0.3, 0.4) is 0 Å². The summed E-state index contributed by atoms with van der Waals surface area (Å²) in [5.41, 5.74) is 7.99. The molecule has 218 valence electrons. The summed E-state index contributed by atoms with van der Waals surface area (Å²) in [6.07, 6.45) is 5.79. The van der Waals surface area contributed by atoms with Gasteiger partial charge in [0.25, 0.3) is 0 Å². The van der Waals surface area contributed by atoms with Gasteiger partial charge in [0.05, 0.1) is 41.3 Å². The van der Waals surface area contributed by atoms with Crippen LogP contribution in [0.2, 0.25) is 0 Å². The average molecular weight is 581 g/mol. The van der Waals surface area contributed by atoms with E-state index in [1.165, 1.54) is 0 Å². The molecule has 4 saturated carbocycles. The van der Waals surface area contributed by atoms with Gasteiger partial charge in [-0.25, -0.2) is 23.3 Å². The number of amides is 2. The molecule has 4 aliphatic carbocycles. The lowest BCUT2D eigenvalue weighted by Gasteiger charge is -2.58. The minimum absolute atomic E-state index is 0.00536.